The molecule has 1 spiro atoms. The van der Waals surface area contributed by atoms with Crippen LogP contribution in [-0.2, 0) is 13.1 Å². The minimum atomic E-state index is -2.63. The van der Waals surface area contributed by atoms with E-state index in [1.54, 1.807) is 0 Å². The number of fused-ring (bicyclic) bond motifs is 3. The van der Waals surface area contributed by atoms with Crippen LogP contribution >= 0.6 is 11.6 Å². The van der Waals surface area contributed by atoms with E-state index in [0.717, 1.165) is 60.5 Å². The van der Waals surface area contributed by atoms with Gasteiger partial charge in [0.15, 0.2) is 5.82 Å². The highest BCUT2D eigenvalue weighted by atomic mass is 35.5. The Morgan fingerprint density at radius 3 is 2.59 bits per heavy atom. The second-order valence-corrected chi connectivity index (χ2v) is 10.8. The van der Waals surface area contributed by atoms with Gasteiger partial charge in [-0.15, -0.1) is 10.2 Å². The van der Waals surface area contributed by atoms with Crippen LogP contribution in [0.2, 0.25) is 5.02 Å². The van der Waals surface area contributed by atoms with Crippen LogP contribution in [0.3, 0.4) is 0 Å². The molecular weight excluding hydrogens is 460 g/mol. The van der Waals surface area contributed by atoms with Gasteiger partial charge in [-0.3, -0.25) is 9.47 Å². The number of nitrogens with zero attached hydrogens (tertiary/aromatic N) is 7. The lowest BCUT2D eigenvalue weighted by Gasteiger charge is -2.59. The van der Waals surface area contributed by atoms with Crippen LogP contribution in [0.4, 0.5) is 14.6 Å². The third-order valence-electron chi connectivity index (χ3n) is 7.85. The summed E-state index contributed by atoms with van der Waals surface area (Å²) < 4.78 is 30.0. The van der Waals surface area contributed by atoms with Crippen molar-refractivity contribution in [3.8, 4) is 5.69 Å². The second kappa shape index (κ2) is 6.95. The quantitative estimate of drug-likeness (QED) is 0.558. The molecule has 3 fully saturated rings. The molecule has 0 radical (unpaired) electrons. The van der Waals surface area contributed by atoms with Crippen LogP contribution in [-0.4, -0.2) is 54.7 Å². The molecule has 0 amide bonds. The van der Waals surface area contributed by atoms with E-state index in [-0.39, 0.29) is 11.8 Å². The van der Waals surface area contributed by atoms with Crippen LogP contribution in [0.5, 0.6) is 0 Å². The predicted octanol–water partition coefficient (Wildman–Crippen LogP) is 4.13. The van der Waals surface area contributed by atoms with Gasteiger partial charge in [0.25, 0.3) is 5.92 Å². The number of anilines is 1. The monoisotopic (exact) mass is 483 g/mol. The van der Waals surface area contributed by atoms with E-state index in [2.05, 4.69) is 29.6 Å². The van der Waals surface area contributed by atoms with Crippen molar-refractivity contribution in [1.82, 2.24) is 29.6 Å². The SMILES string of the molecule is Cc1nccc(N2CC3(CC(c4nnc5n4-c4ccc(Cl)cc4CN(C4CC4(F)F)C5)C3)C2)n1. The summed E-state index contributed by atoms with van der Waals surface area (Å²) in [7, 11) is 0. The molecule has 7 nitrogen and oxygen atoms in total. The van der Waals surface area contributed by atoms with Gasteiger partial charge in [0.2, 0.25) is 0 Å². The average Bonchev–Trinajstić information content (AvgIpc) is 3.24. The van der Waals surface area contributed by atoms with Gasteiger partial charge >= 0.3 is 0 Å². The Labute approximate surface area is 200 Å². The predicted molar refractivity (Wildman–Crippen MR) is 122 cm³/mol. The largest absolute Gasteiger partial charge is 0.355 e. The molecule has 4 aliphatic rings. The van der Waals surface area contributed by atoms with Crippen molar-refractivity contribution >= 4 is 17.4 Å². The number of rotatable bonds is 3. The Hall–Kier alpha value is -2.65. The third kappa shape index (κ3) is 3.16. The molecule has 2 saturated carbocycles. The minimum Gasteiger partial charge on any atom is -0.355 e. The first-order valence-electron chi connectivity index (χ1n) is 11.7. The summed E-state index contributed by atoms with van der Waals surface area (Å²) in [4.78, 5) is 12.9. The van der Waals surface area contributed by atoms with E-state index in [9.17, 15) is 8.78 Å². The summed E-state index contributed by atoms with van der Waals surface area (Å²) in [5.41, 5.74) is 2.18. The molecule has 1 aromatic carbocycles. The summed E-state index contributed by atoms with van der Waals surface area (Å²) in [5, 5.41) is 9.66. The van der Waals surface area contributed by atoms with Crippen LogP contribution < -0.4 is 4.90 Å². The van der Waals surface area contributed by atoms with Gasteiger partial charge in [-0.1, -0.05) is 11.6 Å². The summed E-state index contributed by atoms with van der Waals surface area (Å²) in [6, 6.07) is 6.93. The first-order chi connectivity index (χ1) is 16.3. The van der Waals surface area contributed by atoms with Crippen molar-refractivity contribution in [2.45, 2.75) is 57.2 Å². The molecule has 2 aliphatic carbocycles. The number of aryl methyl sites for hydroxylation is 1. The molecule has 1 atom stereocenters. The van der Waals surface area contributed by atoms with Gasteiger partial charge in [0.1, 0.15) is 17.5 Å². The maximum absolute atomic E-state index is 13.9. The lowest BCUT2D eigenvalue weighted by Crippen LogP contribution is -2.62. The normalized spacial score (nSPS) is 24.7. The molecule has 0 N–H and O–H groups in total. The Bertz CT molecular complexity index is 1290. The molecule has 4 heterocycles. The van der Waals surface area contributed by atoms with Crippen molar-refractivity contribution in [1.29, 1.82) is 0 Å². The Morgan fingerprint density at radius 2 is 1.85 bits per heavy atom. The van der Waals surface area contributed by atoms with Gasteiger partial charge in [-0.2, -0.15) is 0 Å². The smallest absolute Gasteiger partial charge is 0.265 e. The number of alkyl halides is 2. The standard InChI is InChI=1S/C24H24ClF2N7/c1-14-28-5-4-20(29-14)33-12-23(13-33)7-16(8-23)22-31-30-21-11-32(19-9-24(19,26)27)10-15-6-17(25)2-3-18(15)34(21)22/h2-6,16,19H,7-13H2,1H3. The van der Waals surface area contributed by atoms with Crippen molar-refractivity contribution in [3.63, 3.8) is 0 Å². The highest BCUT2D eigenvalue weighted by Gasteiger charge is 2.60. The number of aromatic nitrogens is 5. The zero-order valence-corrected chi connectivity index (χ0v) is 19.5. The molecule has 3 aromatic rings. The van der Waals surface area contributed by atoms with Gasteiger partial charge in [0.05, 0.1) is 18.3 Å². The molecule has 1 saturated heterocycles. The zero-order valence-electron chi connectivity index (χ0n) is 18.8. The van der Waals surface area contributed by atoms with Crippen LogP contribution in [0.1, 0.15) is 48.2 Å². The molecule has 34 heavy (non-hydrogen) atoms. The summed E-state index contributed by atoms with van der Waals surface area (Å²) in [6.45, 7) is 4.67. The Morgan fingerprint density at radius 1 is 1.06 bits per heavy atom. The second-order valence-electron chi connectivity index (χ2n) is 10.4. The van der Waals surface area contributed by atoms with Gasteiger partial charge in [-0.05, 0) is 49.6 Å². The fourth-order valence-electron chi connectivity index (χ4n) is 6.10. The molecule has 7 rings (SSSR count). The van der Waals surface area contributed by atoms with Gasteiger partial charge < -0.3 is 4.90 Å². The Balaban J connectivity index is 1.15. The fourth-order valence-corrected chi connectivity index (χ4v) is 6.30. The van der Waals surface area contributed by atoms with Crippen molar-refractivity contribution in [2.24, 2.45) is 5.41 Å². The van der Waals surface area contributed by atoms with Crippen LogP contribution in [0.15, 0.2) is 30.5 Å². The molecule has 2 aromatic heterocycles. The molecule has 0 bridgehead atoms. The van der Waals surface area contributed by atoms with E-state index in [0.29, 0.717) is 24.0 Å². The number of hydrogen-bond acceptors (Lipinski definition) is 6. The van der Waals surface area contributed by atoms with Crippen LogP contribution in [0.25, 0.3) is 5.69 Å². The van der Waals surface area contributed by atoms with E-state index in [1.807, 2.05) is 42.3 Å². The first-order valence-corrected chi connectivity index (χ1v) is 12.1. The van der Waals surface area contributed by atoms with Crippen molar-refractivity contribution in [3.05, 3.63) is 58.5 Å². The molecular formula is C24H24ClF2N7. The summed E-state index contributed by atoms with van der Waals surface area (Å²) in [6.07, 6.45) is 3.79. The fraction of sp³-hybridized carbons (Fsp3) is 0.500. The highest BCUT2D eigenvalue weighted by molar-refractivity contribution is 6.30. The average molecular weight is 484 g/mol. The van der Waals surface area contributed by atoms with E-state index in [1.165, 1.54) is 0 Å². The lowest BCUT2D eigenvalue weighted by atomic mass is 9.57. The van der Waals surface area contributed by atoms with Gasteiger partial charge in [-0.25, -0.2) is 18.7 Å². The summed E-state index contributed by atoms with van der Waals surface area (Å²) in [5.74, 6) is 1.10. The number of benzene rings is 1. The molecule has 2 aliphatic heterocycles. The zero-order chi connectivity index (χ0) is 23.2. The molecule has 10 heteroatoms. The van der Waals surface area contributed by atoms with E-state index < -0.39 is 12.0 Å². The lowest BCUT2D eigenvalue weighted by molar-refractivity contribution is 0.0579. The Kier molecular flexibility index (Phi) is 4.23. The minimum absolute atomic E-state index is 0.0998. The summed E-state index contributed by atoms with van der Waals surface area (Å²) >= 11 is 6.29. The van der Waals surface area contributed by atoms with Crippen molar-refractivity contribution in [2.75, 3.05) is 18.0 Å². The topological polar surface area (TPSA) is 63.0 Å². The van der Waals surface area contributed by atoms with Crippen LogP contribution in [0, 0.1) is 12.3 Å². The van der Waals surface area contributed by atoms with Crippen molar-refractivity contribution < 1.29 is 8.78 Å². The number of hydrogen-bond donors (Lipinski definition) is 0. The molecule has 1 unspecified atom stereocenters. The molecule has 176 valence electrons. The van der Waals surface area contributed by atoms with E-state index in [4.69, 9.17) is 11.6 Å². The number of halogens is 3. The maximum Gasteiger partial charge on any atom is 0.265 e. The third-order valence-corrected chi connectivity index (χ3v) is 8.09. The highest BCUT2D eigenvalue weighted by Crippen LogP contribution is 2.57. The first kappa shape index (κ1) is 20.7. The maximum atomic E-state index is 13.9. The van der Waals surface area contributed by atoms with E-state index >= 15 is 0 Å². The van der Waals surface area contributed by atoms with Gasteiger partial charge in [0, 0.05) is 48.6 Å².